The first-order chi connectivity index (χ1) is 14.0. The van der Waals surface area contributed by atoms with Crippen LogP contribution in [-0.2, 0) is 18.3 Å². The summed E-state index contributed by atoms with van der Waals surface area (Å²) in [5.74, 6) is 0.783. The van der Waals surface area contributed by atoms with Gasteiger partial charge in [0, 0.05) is 0 Å². The van der Waals surface area contributed by atoms with Gasteiger partial charge in [-0.05, 0) is 89.5 Å². The summed E-state index contributed by atoms with van der Waals surface area (Å²) in [5.41, 5.74) is 10.5. The van der Waals surface area contributed by atoms with Crippen LogP contribution in [0.3, 0.4) is 0 Å². The molecule has 1 heteroatoms. The van der Waals surface area contributed by atoms with Crippen molar-refractivity contribution in [1.29, 1.82) is 0 Å². The van der Waals surface area contributed by atoms with Gasteiger partial charge in [0.15, 0.2) is 0 Å². The molecule has 0 bridgehead atoms. The average Bonchev–Trinajstić information content (AvgIpc) is 2.68. The van der Waals surface area contributed by atoms with Crippen LogP contribution in [0.2, 0.25) is 0 Å². The molecule has 0 aliphatic heterocycles. The van der Waals surface area contributed by atoms with E-state index in [1.807, 2.05) is 27.7 Å². The minimum atomic E-state index is -0.0737. The van der Waals surface area contributed by atoms with Gasteiger partial charge >= 0.3 is 0 Å². The van der Waals surface area contributed by atoms with Crippen molar-refractivity contribution in [1.82, 2.24) is 0 Å². The maximum atomic E-state index is 10.8. The molecule has 0 saturated heterocycles. The summed E-state index contributed by atoms with van der Waals surface area (Å²) in [6, 6.07) is 6.75. The second-order valence-corrected chi connectivity index (χ2v) is 9.11. The third-order valence-corrected chi connectivity index (χ3v) is 5.65. The highest BCUT2D eigenvalue weighted by atomic mass is 16.3. The predicted octanol–water partition coefficient (Wildman–Crippen LogP) is 8.94. The van der Waals surface area contributed by atoms with E-state index in [9.17, 15) is 5.11 Å². The van der Waals surface area contributed by atoms with Crippen molar-refractivity contribution in [3.8, 4) is 5.75 Å². The van der Waals surface area contributed by atoms with E-state index in [2.05, 4.69) is 80.5 Å². The molecule has 2 rings (SSSR count). The lowest BCUT2D eigenvalue weighted by Crippen LogP contribution is -2.13. The fourth-order valence-corrected chi connectivity index (χ4v) is 4.13. The summed E-state index contributed by atoms with van der Waals surface area (Å²) in [6.45, 7) is 27.8. The number of hydrogen-bond acceptors (Lipinski definition) is 1. The van der Waals surface area contributed by atoms with Gasteiger partial charge in [0.25, 0.3) is 0 Å². The first-order valence-corrected chi connectivity index (χ1v) is 11.9. The van der Waals surface area contributed by atoms with Crippen molar-refractivity contribution in [2.24, 2.45) is 0 Å². The summed E-state index contributed by atoms with van der Waals surface area (Å²) >= 11 is 0. The van der Waals surface area contributed by atoms with Gasteiger partial charge < -0.3 is 5.11 Å². The topological polar surface area (TPSA) is 20.2 Å². The molecule has 170 valence electrons. The van der Waals surface area contributed by atoms with E-state index in [1.165, 1.54) is 33.4 Å². The minimum absolute atomic E-state index is 0.0737. The zero-order valence-electron chi connectivity index (χ0n) is 22.2. The van der Waals surface area contributed by atoms with Crippen molar-refractivity contribution in [2.75, 3.05) is 0 Å². The lowest BCUT2D eigenvalue weighted by molar-refractivity contribution is 0.437. The van der Waals surface area contributed by atoms with Crippen LogP contribution in [-0.4, -0.2) is 5.11 Å². The van der Waals surface area contributed by atoms with Crippen LogP contribution in [0.25, 0.3) is 0 Å². The molecule has 0 saturated carbocycles. The Morgan fingerprint density at radius 1 is 0.833 bits per heavy atom. The number of rotatable bonds is 4. The molecule has 2 aromatic carbocycles. The van der Waals surface area contributed by atoms with Crippen molar-refractivity contribution in [2.45, 2.75) is 114 Å². The Hall–Kier alpha value is -1.76. The van der Waals surface area contributed by atoms with E-state index in [0.29, 0.717) is 11.7 Å². The molecule has 0 radical (unpaired) electrons. The number of phenolic OH excluding ortho intramolecular Hbond substituents is 1. The van der Waals surface area contributed by atoms with Crippen LogP contribution in [0.4, 0.5) is 0 Å². The highest BCUT2D eigenvalue weighted by molar-refractivity contribution is 5.52. The van der Waals surface area contributed by atoms with Gasteiger partial charge in [0.05, 0.1) is 0 Å². The number of aryl methyl sites for hydroxylation is 2. The van der Waals surface area contributed by atoms with Crippen LogP contribution in [0.5, 0.6) is 5.75 Å². The number of aromatic hydroxyl groups is 1. The zero-order chi connectivity index (χ0) is 23.8. The quantitative estimate of drug-likeness (QED) is 0.531. The molecule has 0 unspecified atom stereocenters. The van der Waals surface area contributed by atoms with Crippen LogP contribution < -0.4 is 0 Å². The molecule has 0 aliphatic rings. The summed E-state index contributed by atoms with van der Waals surface area (Å²) in [4.78, 5) is 0. The standard InChI is InChI=1S/C25H36O.2C2H6/c1-10-20-16(4)11-17(5)22(18(20)6)13-19-12-21(15(2)3)24(26)23(14-19)25(7,8)9;2*1-2/h11-12,14-15,26H,10,13H2,1-9H3;2*1-2H3. The van der Waals surface area contributed by atoms with Crippen molar-refractivity contribution < 1.29 is 5.11 Å². The molecule has 30 heavy (non-hydrogen) atoms. The van der Waals surface area contributed by atoms with E-state index in [-0.39, 0.29) is 5.41 Å². The second-order valence-electron chi connectivity index (χ2n) is 9.11. The molecule has 0 atom stereocenters. The van der Waals surface area contributed by atoms with Gasteiger partial charge in [0.2, 0.25) is 0 Å². The number of benzene rings is 2. The largest absolute Gasteiger partial charge is 0.507 e. The van der Waals surface area contributed by atoms with E-state index in [0.717, 1.165) is 24.0 Å². The SMILES string of the molecule is CC.CC.CCc1c(C)cc(C)c(Cc2cc(C(C)C)c(O)c(C(C)(C)C)c2)c1C. The number of phenols is 1. The summed E-state index contributed by atoms with van der Waals surface area (Å²) in [6.07, 6.45) is 2.00. The third kappa shape index (κ3) is 6.62. The van der Waals surface area contributed by atoms with E-state index < -0.39 is 0 Å². The summed E-state index contributed by atoms with van der Waals surface area (Å²) in [7, 11) is 0. The smallest absolute Gasteiger partial charge is 0.122 e. The summed E-state index contributed by atoms with van der Waals surface area (Å²) in [5, 5.41) is 10.8. The van der Waals surface area contributed by atoms with Crippen molar-refractivity contribution >= 4 is 0 Å². The lowest BCUT2D eigenvalue weighted by Gasteiger charge is -2.25. The molecule has 1 N–H and O–H groups in total. The average molecular weight is 413 g/mol. The first-order valence-electron chi connectivity index (χ1n) is 11.9. The van der Waals surface area contributed by atoms with Gasteiger partial charge in [0.1, 0.15) is 5.75 Å². The second kappa shape index (κ2) is 12.2. The Labute approximate surface area is 187 Å². The van der Waals surface area contributed by atoms with Crippen LogP contribution in [0.1, 0.15) is 120 Å². The molecular formula is C29H48O. The van der Waals surface area contributed by atoms with E-state index >= 15 is 0 Å². The maximum Gasteiger partial charge on any atom is 0.122 e. The Morgan fingerprint density at radius 3 is 1.77 bits per heavy atom. The van der Waals surface area contributed by atoms with Gasteiger partial charge in [-0.2, -0.15) is 0 Å². The molecular weight excluding hydrogens is 364 g/mol. The van der Waals surface area contributed by atoms with Gasteiger partial charge in [-0.25, -0.2) is 0 Å². The molecule has 1 nitrogen and oxygen atoms in total. The van der Waals surface area contributed by atoms with Crippen molar-refractivity contribution in [3.05, 3.63) is 62.7 Å². The van der Waals surface area contributed by atoms with Crippen LogP contribution in [0, 0.1) is 20.8 Å². The van der Waals surface area contributed by atoms with E-state index in [4.69, 9.17) is 0 Å². The van der Waals surface area contributed by atoms with Crippen LogP contribution in [0.15, 0.2) is 18.2 Å². The molecule has 0 amide bonds. The highest BCUT2D eigenvalue weighted by Crippen LogP contribution is 2.38. The van der Waals surface area contributed by atoms with Crippen LogP contribution >= 0.6 is 0 Å². The monoisotopic (exact) mass is 412 g/mol. The zero-order valence-corrected chi connectivity index (χ0v) is 22.2. The first kappa shape index (κ1) is 28.2. The molecule has 0 spiro atoms. The number of hydrogen-bond donors (Lipinski definition) is 1. The molecule has 0 heterocycles. The molecule has 0 aromatic heterocycles. The Kier molecular flexibility index (Phi) is 11.5. The van der Waals surface area contributed by atoms with Crippen molar-refractivity contribution in [3.63, 3.8) is 0 Å². The fourth-order valence-electron chi connectivity index (χ4n) is 4.13. The van der Waals surface area contributed by atoms with Gasteiger partial charge in [-0.3, -0.25) is 0 Å². The van der Waals surface area contributed by atoms with Gasteiger partial charge in [-0.15, -0.1) is 0 Å². The normalized spacial score (nSPS) is 10.9. The lowest BCUT2D eigenvalue weighted by atomic mass is 9.81. The minimum Gasteiger partial charge on any atom is -0.507 e. The molecule has 2 aromatic rings. The van der Waals surface area contributed by atoms with E-state index in [1.54, 1.807) is 0 Å². The summed E-state index contributed by atoms with van der Waals surface area (Å²) < 4.78 is 0. The Bertz CT molecular complexity index is 804. The third-order valence-electron chi connectivity index (χ3n) is 5.65. The molecule has 0 fully saturated rings. The Balaban J connectivity index is 0.00000198. The Morgan fingerprint density at radius 2 is 1.33 bits per heavy atom. The maximum absolute atomic E-state index is 10.8. The molecule has 0 aliphatic carbocycles. The predicted molar refractivity (Wildman–Crippen MR) is 136 cm³/mol. The fraction of sp³-hybridized carbons (Fsp3) is 0.586. The van der Waals surface area contributed by atoms with Gasteiger partial charge in [-0.1, -0.05) is 87.4 Å². The highest BCUT2D eigenvalue weighted by Gasteiger charge is 2.23.